The van der Waals surface area contributed by atoms with Crippen molar-refractivity contribution < 1.29 is 9.84 Å². The third-order valence-electron chi connectivity index (χ3n) is 3.87. The van der Waals surface area contributed by atoms with E-state index in [0.717, 1.165) is 39.4 Å². The first-order chi connectivity index (χ1) is 9.56. The molecule has 114 valence electrons. The van der Waals surface area contributed by atoms with Gasteiger partial charge in [0.25, 0.3) is 0 Å². The minimum Gasteiger partial charge on any atom is -0.390 e. The Morgan fingerprint density at radius 1 is 1.45 bits per heavy atom. The predicted molar refractivity (Wildman–Crippen MR) is 77.5 cm³/mol. The number of likely N-dealkylation sites (N-methyl/N-ethyl adjacent to an activating group) is 1. The molecule has 1 aromatic rings. The number of aryl methyl sites for hydroxylation is 1. The summed E-state index contributed by atoms with van der Waals surface area (Å²) in [4.78, 5) is 4.41. The number of ether oxygens (including phenoxy) is 1. The Hall–Kier alpha value is -0.950. The molecule has 2 heterocycles. The van der Waals surface area contributed by atoms with Gasteiger partial charge in [-0.2, -0.15) is 5.10 Å². The number of hydrogen-bond acceptors (Lipinski definition) is 5. The van der Waals surface area contributed by atoms with E-state index >= 15 is 0 Å². The molecule has 1 aromatic heterocycles. The summed E-state index contributed by atoms with van der Waals surface area (Å²) in [5, 5.41) is 14.4. The molecule has 0 radical (unpaired) electrons. The van der Waals surface area contributed by atoms with E-state index in [2.05, 4.69) is 21.8 Å². The highest BCUT2D eigenvalue weighted by molar-refractivity contribution is 5.15. The zero-order valence-corrected chi connectivity index (χ0v) is 12.7. The largest absolute Gasteiger partial charge is 0.390 e. The molecule has 0 bridgehead atoms. The van der Waals surface area contributed by atoms with Crippen molar-refractivity contribution >= 4 is 0 Å². The summed E-state index contributed by atoms with van der Waals surface area (Å²) in [5.74, 6) is 0. The number of hydrogen-bond donors (Lipinski definition) is 1. The van der Waals surface area contributed by atoms with E-state index in [1.807, 2.05) is 25.0 Å². The van der Waals surface area contributed by atoms with E-state index in [1.165, 1.54) is 11.3 Å². The molecule has 1 aliphatic rings. The van der Waals surface area contributed by atoms with E-state index in [9.17, 15) is 5.11 Å². The summed E-state index contributed by atoms with van der Waals surface area (Å²) >= 11 is 0. The van der Waals surface area contributed by atoms with Gasteiger partial charge < -0.3 is 9.84 Å². The van der Waals surface area contributed by atoms with Gasteiger partial charge in [-0.15, -0.1) is 0 Å². The van der Waals surface area contributed by atoms with Crippen molar-refractivity contribution in [2.24, 2.45) is 7.05 Å². The van der Waals surface area contributed by atoms with E-state index in [0.29, 0.717) is 6.54 Å². The zero-order chi connectivity index (χ0) is 14.5. The molecule has 1 N–H and O–H groups in total. The Bertz CT molecular complexity index is 415. The summed E-state index contributed by atoms with van der Waals surface area (Å²) in [6.45, 7) is 7.67. The highest BCUT2D eigenvalue weighted by Gasteiger charge is 2.16. The number of aliphatic hydroxyl groups excluding tert-OH is 1. The monoisotopic (exact) mass is 282 g/mol. The summed E-state index contributed by atoms with van der Waals surface area (Å²) in [6.07, 6.45) is 1.58. The molecule has 0 amide bonds. The molecule has 0 spiro atoms. The standard InChI is InChI=1S/C14H26N4O2/c1-12-13(8-15-17(12)3)9-16(2)10-14(19)11-18-4-6-20-7-5-18/h8,14,19H,4-7,9-11H2,1-3H3. The van der Waals surface area contributed by atoms with Crippen LogP contribution in [0.15, 0.2) is 6.20 Å². The molecule has 1 unspecified atom stereocenters. The molecule has 1 fully saturated rings. The van der Waals surface area contributed by atoms with Crippen molar-refractivity contribution in [2.75, 3.05) is 46.4 Å². The van der Waals surface area contributed by atoms with Crippen LogP contribution in [0.2, 0.25) is 0 Å². The van der Waals surface area contributed by atoms with Crippen molar-refractivity contribution in [3.63, 3.8) is 0 Å². The lowest BCUT2D eigenvalue weighted by Gasteiger charge is -2.30. The minimum atomic E-state index is -0.324. The Morgan fingerprint density at radius 2 is 2.15 bits per heavy atom. The average molecular weight is 282 g/mol. The highest BCUT2D eigenvalue weighted by Crippen LogP contribution is 2.09. The lowest BCUT2D eigenvalue weighted by molar-refractivity contribution is 0.00824. The fourth-order valence-electron chi connectivity index (χ4n) is 2.55. The van der Waals surface area contributed by atoms with Crippen LogP contribution in [0.3, 0.4) is 0 Å². The SMILES string of the molecule is Cc1c(CN(C)CC(O)CN2CCOCC2)cnn1C. The van der Waals surface area contributed by atoms with Crippen molar-refractivity contribution in [1.82, 2.24) is 19.6 Å². The number of aromatic nitrogens is 2. The van der Waals surface area contributed by atoms with Gasteiger partial charge in [0.15, 0.2) is 0 Å². The van der Waals surface area contributed by atoms with Crippen LogP contribution in [-0.4, -0.2) is 77.2 Å². The van der Waals surface area contributed by atoms with Crippen LogP contribution in [0.1, 0.15) is 11.3 Å². The van der Waals surface area contributed by atoms with E-state index < -0.39 is 0 Å². The molecule has 0 saturated carbocycles. The third kappa shape index (κ3) is 4.28. The number of aliphatic hydroxyl groups is 1. The Morgan fingerprint density at radius 3 is 2.75 bits per heavy atom. The van der Waals surface area contributed by atoms with Crippen molar-refractivity contribution in [3.8, 4) is 0 Å². The second-order valence-electron chi connectivity index (χ2n) is 5.64. The molecule has 6 heteroatoms. The van der Waals surface area contributed by atoms with Gasteiger partial charge in [-0.1, -0.05) is 0 Å². The van der Waals surface area contributed by atoms with Crippen LogP contribution >= 0.6 is 0 Å². The molecule has 6 nitrogen and oxygen atoms in total. The summed E-state index contributed by atoms with van der Waals surface area (Å²) in [6, 6.07) is 0. The van der Waals surface area contributed by atoms with E-state index in [1.54, 1.807) is 0 Å². The van der Waals surface area contributed by atoms with Crippen molar-refractivity contribution in [1.29, 1.82) is 0 Å². The molecular weight excluding hydrogens is 256 g/mol. The zero-order valence-electron chi connectivity index (χ0n) is 12.7. The van der Waals surface area contributed by atoms with Gasteiger partial charge in [0.05, 0.1) is 25.5 Å². The number of morpholine rings is 1. The number of nitrogens with zero attached hydrogens (tertiary/aromatic N) is 4. The van der Waals surface area contributed by atoms with Crippen LogP contribution in [0.4, 0.5) is 0 Å². The maximum atomic E-state index is 10.2. The summed E-state index contributed by atoms with van der Waals surface area (Å²) in [5.41, 5.74) is 2.40. The van der Waals surface area contributed by atoms with Gasteiger partial charge in [0.1, 0.15) is 0 Å². The lowest BCUT2D eigenvalue weighted by atomic mass is 10.2. The number of β-amino-alcohol motifs (C(OH)–C–C–N with tert-alkyl or cyclic N) is 1. The van der Waals surface area contributed by atoms with Crippen LogP contribution in [0.25, 0.3) is 0 Å². The molecule has 20 heavy (non-hydrogen) atoms. The van der Waals surface area contributed by atoms with Gasteiger partial charge in [-0.3, -0.25) is 14.5 Å². The maximum Gasteiger partial charge on any atom is 0.0793 e. The molecule has 1 saturated heterocycles. The second kappa shape index (κ2) is 7.17. The Labute approximate surface area is 120 Å². The molecule has 1 atom stereocenters. The fourth-order valence-corrected chi connectivity index (χ4v) is 2.55. The molecule has 0 aliphatic carbocycles. The topological polar surface area (TPSA) is 53.8 Å². The summed E-state index contributed by atoms with van der Waals surface area (Å²) in [7, 11) is 3.99. The Balaban J connectivity index is 1.75. The first-order valence-corrected chi connectivity index (χ1v) is 7.20. The molecule has 0 aromatic carbocycles. The van der Waals surface area contributed by atoms with Crippen LogP contribution in [0, 0.1) is 6.92 Å². The number of rotatable bonds is 6. The van der Waals surface area contributed by atoms with Gasteiger partial charge in [-0.05, 0) is 14.0 Å². The highest BCUT2D eigenvalue weighted by atomic mass is 16.5. The van der Waals surface area contributed by atoms with Crippen molar-refractivity contribution in [3.05, 3.63) is 17.5 Å². The van der Waals surface area contributed by atoms with Crippen LogP contribution < -0.4 is 0 Å². The van der Waals surface area contributed by atoms with Crippen LogP contribution in [0.5, 0.6) is 0 Å². The fraction of sp³-hybridized carbons (Fsp3) is 0.786. The predicted octanol–water partition coefficient (Wildman–Crippen LogP) is -0.147. The third-order valence-corrected chi connectivity index (χ3v) is 3.87. The van der Waals surface area contributed by atoms with E-state index in [-0.39, 0.29) is 6.10 Å². The average Bonchev–Trinajstić information content (AvgIpc) is 2.71. The van der Waals surface area contributed by atoms with Gasteiger partial charge in [0.2, 0.25) is 0 Å². The maximum absolute atomic E-state index is 10.2. The molecule has 2 rings (SSSR count). The van der Waals surface area contributed by atoms with Gasteiger partial charge in [0, 0.05) is 51.0 Å². The van der Waals surface area contributed by atoms with Gasteiger partial charge in [-0.25, -0.2) is 0 Å². The normalized spacial score (nSPS) is 18.6. The minimum absolute atomic E-state index is 0.324. The molecular formula is C14H26N4O2. The first-order valence-electron chi connectivity index (χ1n) is 7.20. The quantitative estimate of drug-likeness (QED) is 0.787. The second-order valence-corrected chi connectivity index (χ2v) is 5.64. The Kier molecular flexibility index (Phi) is 5.54. The smallest absolute Gasteiger partial charge is 0.0793 e. The van der Waals surface area contributed by atoms with Gasteiger partial charge >= 0.3 is 0 Å². The van der Waals surface area contributed by atoms with Crippen molar-refractivity contribution in [2.45, 2.75) is 19.6 Å². The first kappa shape index (κ1) is 15.4. The lowest BCUT2D eigenvalue weighted by Crippen LogP contribution is -2.43. The van der Waals surface area contributed by atoms with Crippen LogP contribution in [-0.2, 0) is 18.3 Å². The van der Waals surface area contributed by atoms with E-state index in [4.69, 9.17) is 4.74 Å². The summed E-state index contributed by atoms with van der Waals surface area (Å²) < 4.78 is 7.20. The molecule has 1 aliphatic heterocycles.